The van der Waals surface area contributed by atoms with E-state index in [0.29, 0.717) is 35.5 Å². The molecule has 1 aromatic carbocycles. The summed E-state index contributed by atoms with van der Waals surface area (Å²) in [5, 5.41) is 2.80. The molecule has 1 aliphatic heterocycles. The zero-order chi connectivity index (χ0) is 19.4. The number of carbonyl (C=O) groups excluding carboxylic acids is 2. The van der Waals surface area contributed by atoms with Crippen LogP contribution < -0.4 is 15.6 Å². The summed E-state index contributed by atoms with van der Waals surface area (Å²) >= 11 is 0. The Morgan fingerprint density at radius 2 is 2.04 bits per heavy atom. The first-order valence-corrected chi connectivity index (χ1v) is 8.94. The van der Waals surface area contributed by atoms with Gasteiger partial charge in [-0.15, -0.1) is 0 Å². The van der Waals surface area contributed by atoms with Gasteiger partial charge in [0.1, 0.15) is 11.3 Å². The van der Waals surface area contributed by atoms with Crippen LogP contribution in [0.4, 0.5) is 5.69 Å². The van der Waals surface area contributed by atoms with Crippen LogP contribution in [0.5, 0.6) is 5.75 Å². The van der Waals surface area contributed by atoms with Gasteiger partial charge in [-0.25, -0.2) is 4.79 Å². The van der Waals surface area contributed by atoms with E-state index in [2.05, 4.69) is 5.32 Å². The maximum Gasteiger partial charge on any atom is 0.338 e. The highest BCUT2D eigenvalue weighted by molar-refractivity contribution is 6.07. The van der Waals surface area contributed by atoms with Crippen LogP contribution in [0.15, 0.2) is 35.1 Å². The average molecular weight is 370 g/mol. The molecule has 1 aliphatic rings. The molecule has 2 heterocycles. The Bertz CT molecular complexity index is 932. The molecular formula is C20H22N2O5. The van der Waals surface area contributed by atoms with Crippen LogP contribution in [0.2, 0.25) is 0 Å². The largest absolute Gasteiger partial charge is 0.496 e. The Kier molecular flexibility index (Phi) is 5.59. The number of ether oxygens (including phenoxy) is 2. The van der Waals surface area contributed by atoms with Crippen molar-refractivity contribution >= 4 is 17.6 Å². The highest BCUT2D eigenvalue weighted by Gasteiger charge is 2.24. The number of anilines is 1. The van der Waals surface area contributed by atoms with Gasteiger partial charge in [-0.05, 0) is 44.4 Å². The molecule has 0 unspecified atom stereocenters. The predicted molar refractivity (Wildman–Crippen MR) is 101 cm³/mol. The average Bonchev–Trinajstić information content (AvgIpc) is 2.68. The van der Waals surface area contributed by atoms with Crippen LogP contribution in [0, 0.1) is 0 Å². The Balaban J connectivity index is 1.94. The molecule has 0 saturated carbocycles. The van der Waals surface area contributed by atoms with Crippen molar-refractivity contribution in [1.82, 2.24) is 4.57 Å². The number of nitrogens with zero attached hydrogens (tertiary/aromatic N) is 1. The third-order valence-electron chi connectivity index (χ3n) is 4.51. The molecule has 3 rings (SSSR count). The summed E-state index contributed by atoms with van der Waals surface area (Å²) in [5.41, 5.74) is 1.70. The minimum Gasteiger partial charge on any atom is -0.496 e. The number of fused-ring (bicyclic) bond motifs is 1. The molecule has 0 aliphatic carbocycles. The fourth-order valence-electron chi connectivity index (χ4n) is 3.28. The summed E-state index contributed by atoms with van der Waals surface area (Å²) in [6, 6.07) is 7.89. The zero-order valence-electron chi connectivity index (χ0n) is 15.4. The third kappa shape index (κ3) is 3.86. The van der Waals surface area contributed by atoms with Gasteiger partial charge in [0, 0.05) is 24.0 Å². The second-order valence-corrected chi connectivity index (χ2v) is 6.24. The number of aromatic nitrogens is 1. The first-order valence-electron chi connectivity index (χ1n) is 8.94. The van der Waals surface area contributed by atoms with Crippen molar-refractivity contribution in [3.8, 4) is 5.75 Å². The van der Waals surface area contributed by atoms with E-state index >= 15 is 0 Å². The van der Waals surface area contributed by atoms with Gasteiger partial charge in [-0.1, -0.05) is 6.07 Å². The minimum atomic E-state index is -0.449. The molecule has 0 spiro atoms. The predicted octanol–water partition coefficient (Wildman–Crippen LogP) is 2.62. The zero-order valence-corrected chi connectivity index (χ0v) is 15.4. The van der Waals surface area contributed by atoms with Crippen molar-refractivity contribution < 1.29 is 19.1 Å². The molecule has 142 valence electrons. The smallest absolute Gasteiger partial charge is 0.338 e. The molecule has 0 radical (unpaired) electrons. The monoisotopic (exact) mass is 370 g/mol. The number of pyridine rings is 1. The third-order valence-corrected chi connectivity index (χ3v) is 4.51. The van der Waals surface area contributed by atoms with Crippen LogP contribution in [-0.4, -0.2) is 30.2 Å². The minimum absolute atomic E-state index is 0.164. The molecule has 7 heteroatoms. The van der Waals surface area contributed by atoms with E-state index in [1.807, 2.05) is 0 Å². The van der Waals surface area contributed by atoms with E-state index in [1.165, 1.54) is 13.2 Å². The molecule has 0 bridgehead atoms. The maximum atomic E-state index is 13.0. The SMILES string of the molecule is CCOC(=O)c1cccc(NC(=O)c2c(OC)cc(=O)n3c2CCCC3)c1. The number of amides is 1. The molecule has 1 amide bonds. The Morgan fingerprint density at radius 1 is 1.22 bits per heavy atom. The van der Waals surface area contributed by atoms with Gasteiger partial charge in [0.15, 0.2) is 0 Å². The van der Waals surface area contributed by atoms with Gasteiger partial charge in [0.05, 0.1) is 19.3 Å². The molecular weight excluding hydrogens is 348 g/mol. The van der Waals surface area contributed by atoms with Crippen molar-refractivity contribution in [2.45, 2.75) is 32.7 Å². The van der Waals surface area contributed by atoms with Gasteiger partial charge in [-0.2, -0.15) is 0 Å². The highest BCUT2D eigenvalue weighted by atomic mass is 16.5. The standard InChI is InChI=1S/C20H22N2O5/c1-3-27-20(25)13-7-6-8-14(11-13)21-19(24)18-15-9-4-5-10-22(15)17(23)12-16(18)26-2/h6-8,11-12H,3-5,9-10H2,1-2H3,(H,21,24). The van der Waals surface area contributed by atoms with Gasteiger partial charge in [-0.3, -0.25) is 9.59 Å². The molecule has 1 N–H and O–H groups in total. The van der Waals surface area contributed by atoms with Crippen molar-refractivity contribution in [2.24, 2.45) is 0 Å². The van der Waals surface area contributed by atoms with Gasteiger partial charge in [0.2, 0.25) is 0 Å². The number of rotatable bonds is 5. The Morgan fingerprint density at radius 3 is 2.78 bits per heavy atom. The summed E-state index contributed by atoms with van der Waals surface area (Å²) in [6.07, 6.45) is 2.45. The van der Waals surface area contributed by atoms with E-state index in [4.69, 9.17) is 9.47 Å². The summed E-state index contributed by atoms with van der Waals surface area (Å²) in [5.74, 6) is -0.569. The second-order valence-electron chi connectivity index (χ2n) is 6.24. The van der Waals surface area contributed by atoms with E-state index in [-0.39, 0.29) is 23.8 Å². The second kappa shape index (κ2) is 8.07. The molecule has 0 atom stereocenters. The Labute approximate surface area is 156 Å². The van der Waals surface area contributed by atoms with E-state index in [0.717, 1.165) is 12.8 Å². The topological polar surface area (TPSA) is 86.6 Å². The molecule has 7 nitrogen and oxygen atoms in total. The Hall–Kier alpha value is -3.09. The number of nitrogens with one attached hydrogen (secondary N) is 1. The quantitative estimate of drug-likeness (QED) is 0.818. The summed E-state index contributed by atoms with van der Waals surface area (Å²) < 4.78 is 11.9. The number of benzene rings is 1. The number of hydrogen-bond acceptors (Lipinski definition) is 5. The first-order chi connectivity index (χ1) is 13.0. The lowest BCUT2D eigenvalue weighted by molar-refractivity contribution is 0.0526. The van der Waals surface area contributed by atoms with Crippen molar-refractivity contribution in [3.05, 3.63) is 57.5 Å². The van der Waals surface area contributed by atoms with Crippen LogP contribution in [0.25, 0.3) is 0 Å². The maximum absolute atomic E-state index is 13.0. The van der Waals surface area contributed by atoms with Gasteiger partial charge in [0.25, 0.3) is 11.5 Å². The molecule has 0 fully saturated rings. The van der Waals surface area contributed by atoms with Crippen molar-refractivity contribution in [3.63, 3.8) is 0 Å². The molecule has 2 aromatic rings. The van der Waals surface area contributed by atoms with E-state index in [1.54, 1.807) is 35.8 Å². The number of hydrogen-bond donors (Lipinski definition) is 1. The summed E-state index contributed by atoms with van der Waals surface area (Å²) in [4.78, 5) is 37.1. The number of esters is 1. The fourth-order valence-corrected chi connectivity index (χ4v) is 3.28. The highest BCUT2D eigenvalue weighted by Crippen LogP contribution is 2.26. The van der Waals surface area contributed by atoms with Gasteiger partial charge >= 0.3 is 5.97 Å². The molecule has 1 aromatic heterocycles. The summed E-state index contributed by atoms with van der Waals surface area (Å²) in [7, 11) is 1.44. The lowest BCUT2D eigenvalue weighted by Gasteiger charge is -2.22. The van der Waals surface area contributed by atoms with E-state index < -0.39 is 5.97 Å². The van der Waals surface area contributed by atoms with Crippen molar-refractivity contribution in [1.29, 1.82) is 0 Å². The van der Waals surface area contributed by atoms with E-state index in [9.17, 15) is 14.4 Å². The van der Waals surface area contributed by atoms with Crippen LogP contribution in [0.1, 0.15) is 46.2 Å². The lowest BCUT2D eigenvalue weighted by Crippen LogP contribution is -2.30. The lowest BCUT2D eigenvalue weighted by atomic mass is 10.0. The number of methoxy groups -OCH3 is 1. The molecule has 0 saturated heterocycles. The van der Waals surface area contributed by atoms with Crippen LogP contribution in [-0.2, 0) is 17.7 Å². The summed E-state index contributed by atoms with van der Waals surface area (Å²) in [6.45, 7) is 2.60. The van der Waals surface area contributed by atoms with Gasteiger partial charge < -0.3 is 19.4 Å². The first kappa shape index (κ1) is 18.7. The van der Waals surface area contributed by atoms with Crippen molar-refractivity contribution in [2.75, 3.05) is 19.0 Å². The van der Waals surface area contributed by atoms with Crippen LogP contribution in [0.3, 0.4) is 0 Å². The van der Waals surface area contributed by atoms with Crippen LogP contribution >= 0.6 is 0 Å². The molecule has 27 heavy (non-hydrogen) atoms. The normalized spacial score (nSPS) is 12.8. The fraction of sp³-hybridized carbons (Fsp3) is 0.350. The number of carbonyl (C=O) groups is 2.